The molecule has 2 N–H and O–H groups in total. The predicted octanol–water partition coefficient (Wildman–Crippen LogP) is 2.91. The van der Waals surface area contributed by atoms with Gasteiger partial charge in [0.25, 0.3) is 0 Å². The number of carbonyl (C=O) groups is 1. The van der Waals surface area contributed by atoms with E-state index in [1.54, 1.807) is 6.08 Å². The number of hydrogen-bond donors (Lipinski definition) is 2. The van der Waals surface area contributed by atoms with Crippen LogP contribution in [0.15, 0.2) is 34.9 Å². The maximum atomic E-state index is 11.2. The Kier molecular flexibility index (Phi) is 10.5. The Morgan fingerprint density at radius 2 is 1.71 bits per heavy atom. The van der Waals surface area contributed by atoms with Gasteiger partial charge in [-0.2, -0.15) is 0 Å². The first-order valence-corrected chi connectivity index (χ1v) is 7.27. The Labute approximate surface area is 127 Å². The van der Waals surface area contributed by atoms with Gasteiger partial charge in [0.05, 0.1) is 13.2 Å². The van der Waals surface area contributed by atoms with E-state index in [2.05, 4.69) is 6.08 Å². The zero-order valence-electron chi connectivity index (χ0n) is 13.6. The Balaban J connectivity index is 4.66. The summed E-state index contributed by atoms with van der Waals surface area (Å²) >= 11 is 0. The van der Waals surface area contributed by atoms with Crippen LogP contribution < -0.4 is 0 Å². The summed E-state index contributed by atoms with van der Waals surface area (Å²) in [4.78, 5) is 11.2. The average Bonchev–Trinajstić information content (AvgIpc) is 2.42. The first kappa shape index (κ1) is 19.6. The molecule has 0 aliphatic heterocycles. The second-order valence-corrected chi connectivity index (χ2v) is 5.26. The van der Waals surface area contributed by atoms with Gasteiger partial charge in [-0.15, -0.1) is 0 Å². The quantitative estimate of drug-likeness (QED) is 0.507. The zero-order valence-corrected chi connectivity index (χ0v) is 13.6. The number of aliphatic hydroxyl groups is 2. The Morgan fingerprint density at radius 1 is 1.05 bits per heavy atom. The summed E-state index contributed by atoms with van der Waals surface area (Å²) < 4.78 is 5.32. The third-order valence-corrected chi connectivity index (χ3v) is 3.19. The molecule has 4 heteroatoms. The molecule has 0 heterocycles. The lowest BCUT2D eigenvalue weighted by molar-refractivity contribution is -0.144. The van der Waals surface area contributed by atoms with Gasteiger partial charge >= 0.3 is 5.97 Å². The number of rotatable bonds is 9. The highest BCUT2D eigenvalue weighted by atomic mass is 16.5. The lowest BCUT2D eigenvalue weighted by Crippen LogP contribution is -2.17. The summed E-state index contributed by atoms with van der Waals surface area (Å²) in [6.07, 6.45) is 7.74. The van der Waals surface area contributed by atoms with Crippen LogP contribution in [0.3, 0.4) is 0 Å². The smallest absolute Gasteiger partial charge is 0.303 e. The van der Waals surface area contributed by atoms with Crippen molar-refractivity contribution >= 4 is 5.97 Å². The average molecular weight is 296 g/mol. The van der Waals surface area contributed by atoms with Crippen LogP contribution in [0, 0.1) is 0 Å². The van der Waals surface area contributed by atoms with E-state index >= 15 is 0 Å². The monoisotopic (exact) mass is 296 g/mol. The van der Waals surface area contributed by atoms with Crippen LogP contribution in [0.2, 0.25) is 0 Å². The number of esters is 1. The van der Waals surface area contributed by atoms with Crippen molar-refractivity contribution in [1.29, 1.82) is 0 Å². The Hall–Kier alpha value is -1.39. The number of aliphatic hydroxyl groups excluding tert-OH is 2. The van der Waals surface area contributed by atoms with Crippen molar-refractivity contribution in [1.82, 2.24) is 0 Å². The molecule has 0 rings (SSSR count). The fourth-order valence-electron chi connectivity index (χ4n) is 1.82. The molecule has 0 aromatic rings. The van der Waals surface area contributed by atoms with Crippen molar-refractivity contribution in [2.24, 2.45) is 0 Å². The van der Waals surface area contributed by atoms with E-state index in [1.807, 2.05) is 26.8 Å². The third kappa shape index (κ3) is 10.0. The zero-order chi connectivity index (χ0) is 16.3. The minimum Gasteiger partial charge on any atom is -0.458 e. The second kappa shape index (κ2) is 11.3. The SMILES string of the molecule is CC(=O)O[C@@H](C/C=C(\C)CO)/C(C)=C/CC/C(C)=C/CO. The van der Waals surface area contributed by atoms with E-state index in [1.165, 1.54) is 6.92 Å². The van der Waals surface area contributed by atoms with Crippen LogP contribution in [0.5, 0.6) is 0 Å². The van der Waals surface area contributed by atoms with Crippen LogP contribution in [0.25, 0.3) is 0 Å². The van der Waals surface area contributed by atoms with Crippen LogP contribution in [-0.2, 0) is 9.53 Å². The molecule has 0 aliphatic carbocycles. The molecule has 0 saturated heterocycles. The number of carbonyl (C=O) groups excluding carboxylic acids is 1. The summed E-state index contributed by atoms with van der Waals surface area (Å²) in [5.41, 5.74) is 3.01. The van der Waals surface area contributed by atoms with Gasteiger partial charge in [0.2, 0.25) is 0 Å². The predicted molar refractivity (Wildman–Crippen MR) is 84.8 cm³/mol. The van der Waals surface area contributed by atoms with Crippen LogP contribution >= 0.6 is 0 Å². The van der Waals surface area contributed by atoms with Gasteiger partial charge in [-0.3, -0.25) is 4.79 Å². The van der Waals surface area contributed by atoms with Crippen molar-refractivity contribution in [3.8, 4) is 0 Å². The summed E-state index contributed by atoms with van der Waals surface area (Å²) in [5.74, 6) is -0.306. The van der Waals surface area contributed by atoms with E-state index in [0.717, 1.165) is 29.6 Å². The van der Waals surface area contributed by atoms with E-state index in [4.69, 9.17) is 14.9 Å². The van der Waals surface area contributed by atoms with Crippen molar-refractivity contribution in [3.05, 3.63) is 34.9 Å². The first-order valence-electron chi connectivity index (χ1n) is 7.27. The van der Waals surface area contributed by atoms with Gasteiger partial charge in [0.1, 0.15) is 6.10 Å². The van der Waals surface area contributed by atoms with E-state index in [9.17, 15) is 4.79 Å². The number of ether oxygens (including phenoxy) is 1. The minimum atomic E-state index is -0.306. The van der Waals surface area contributed by atoms with Gasteiger partial charge in [-0.1, -0.05) is 29.4 Å². The summed E-state index contributed by atoms with van der Waals surface area (Å²) in [6, 6.07) is 0. The van der Waals surface area contributed by atoms with E-state index in [0.29, 0.717) is 6.42 Å². The highest BCUT2D eigenvalue weighted by Crippen LogP contribution is 2.15. The van der Waals surface area contributed by atoms with Crippen molar-refractivity contribution in [2.45, 2.75) is 53.1 Å². The van der Waals surface area contributed by atoms with Gasteiger partial charge in [-0.25, -0.2) is 0 Å². The number of hydrogen-bond acceptors (Lipinski definition) is 4. The molecule has 0 radical (unpaired) electrons. The molecular weight excluding hydrogens is 268 g/mol. The highest BCUT2D eigenvalue weighted by Gasteiger charge is 2.12. The lowest BCUT2D eigenvalue weighted by Gasteiger charge is -2.17. The molecule has 0 aromatic carbocycles. The second-order valence-electron chi connectivity index (χ2n) is 5.26. The summed E-state index contributed by atoms with van der Waals surface area (Å²) in [6.45, 7) is 7.25. The van der Waals surface area contributed by atoms with E-state index in [-0.39, 0.29) is 25.3 Å². The molecule has 0 unspecified atom stereocenters. The first-order chi connectivity index (χ1) is 9.90. The van der Waals surface area contributed by atoms with Gasteiger partial charge in [0.15, 0.2) is 0 Å². The number of allylic oxidation sites excluding steroid dienone is 2. The van der Waals surface area contributed by atoms with Crippen molar-refractivity contribution in [3.63, 3.8) is 0 Å². The van der Waals surface area contributed by atoms with Gasteiger partial charge in [0, 0.05) is 13.3 Å². The lowest BCUT2D eigenvalue weighted by atomic mass is 10.0. The fourth-order valence-corrected chi connectivity index (χ4v) is 1.82. The summed E-state index contributed by atoms with van der Waals surface area (Å²) in [5, 5.41) is 17.8. The maximum absolute atomic E-state index is 11.2. The minimum absolute atomic E-state index is 0.0146. The molecule has 0 bridgehead atoms. The highest BCUT2D eigenvalue weighted by molar-refractivity contribution is 5.66. The topological polar surface area (TPSA) is 66.8 Å². The maximum Gasteiger partial charge on any atom is 0.303 e. The summed E-state index contributed by atoms with van der Waals surface area (Å²) in [7, 11) is 0. The normalized spacial score (nSPS) is 15.0. The Bertz CT molecular complexity index is 405. The van der Waals surface area contributed by atoms with Gasteiger partial charge < -0.3 is 14.9 Å². The van der Waals surface area contributed by atoms with Gasteiger partial charge in [-0.05, 0) is 39.2 Å². The molecule has 21 heavy (non-hydrogen) atoms. The molecule has 4 nitrogen and oxygen atoms in total. The third-order valence-electron chi connectivity index (χ3n) is 3.19. The molecule has 0 spiro atoms. The molecule has 120 valence electrons. The largest absolute Gasteiger partial charge is 0.458 e. The molecule has 0 amide bonds. The Morgan fingerprint density at radius 3 is 2.24 bits per heavy atom. The van der Waals surface area contributed by atoms with E-state index < -0.39 is 0 Å². The molecule has 0 saturated carbocycles. The van der Waals surface area contributed by atoms with Crippen LogP contribution in [0.1, 0.15) is 47.0 Å². The molecule has 0 aliphatic rings. The molecule has 0 aromatic heterocycles. The standard InChI is InChI=1S/C17H28O4/c1-13(10-11-18)6-5-7-15(3)17(21-16(4)20)9-8-14(2)12-19/h7-8,10,17-19H,5-6,9,11-12H2,1-4H3/b13-10+,14-8+,15-7+/t17-/m0/s1. The van der Waals surface area contributed by atoms with Crippen LogP contribution in [0.4, 0.5) is 0 Å². The van der Waals surface area contributed by atoms with Crippen molar-refractivity contribution in [2.75, 3.05) is 13.2 Å². The van der Waals surface area contributed by atoms with Crippen molar-refractivity contribution < 1.29 is 19.7 Å². The fraction of sp³-hybridized carbons (Fsp3) is 0.588. The molecule has 0 fully saturated rings. The molecule has 1 atom stereocenters. The molecular formula is C17H28O4. The van der Waals surface area contributed by atoms with Crippen LogP contribution in [-0.4, -0.2) is 35.5 Å².